The predicted molar refractivity (Wildman–Crippen MR) is 139 cm³/mol. The van der Waals surface area contributed by atoms with Crippen molar-refractivity contribution in [3.63, 3.8) is 0 Å². The van der Waals surface area contributed by atoms with Gasteiger partial charge in [-0.2, -0.15) is 0 Å². The largest absolute Gasteiger partial charge is 0.481 e. The summed E-state index contributed by atoms with van der Waals surface area (Å²) in [7, 11) is 1.13. The molecule has 1 fully saturated rings. The highest BCUT2D eigenvalue weighted by Gasteiger charge is 2.52. The van der Waals surface area contributed by atoms with Crippen molar-refractivity contribution in [1.82, 2.24) is 5.32 Å². The van der Waals surface area contributed by atoms with Crippen LogP contribution in [0.2, 0.25) is 0 Å². The number of esters is 2. The maximum Gasteiger partial charge on any atom is 0.327 e. The number of azide groups is 1. The van der Waals surface area contributed by atoms with Crippen LogP contribution in [0.25, 0.3) is 10.4 Å². The minimum atomic E-state index is -1.66. The number of alkyl halides is 1. The molecule has 0 aromatic carbocycles. The van der Waals surface area contributed by atoms with Crippen LogP contribution < -0.4 is 5.32 Å². The van der Waals surface area contributed by atoms with Crippen molar-refractivity contribution in [2.45, 2.75) is 62.7 Å². The van der Waals surface area contributed by atoms with Crippen molar-refractivity contribution in [2.75, 3.05) is 40.1 Å². The van der Waals surface area contributed by atoms with Gasteiger partial charge in [0.25, 0.3) is 0 Å². The van der Waals surface area contributed by atoms with E-state index in [9.17, 15) is 34.2 Å². The molecule has 17 nitrogen and oxygen atoms in total. The summed E-state index contributed by atoms with van der Waals surface area (Å²) in [4.78, 5) is 62.4. The van der Waals surface area contributed by atoms with E-state index in [2.05, 4.69) is 31.3 Å². The molecule has 0 unspecified atom stereocenters. The van der Waals surface area contributed by atoms with Crippen molar-refractivity contribution in [3.8, 4) is 0 Å². The summed E-state index contributed by atoms with van der Waals surface area (Å²) >= 11 is 3.24. The smallest absolute Gasteiger partial charge is 0.327 e. The third kappa shape index (κ3) is 12.2. The molecule has 0 radical (unpaired) electrons. The molecular weight excluding hydrogens is 620 g/mol. The SMILES string of the molecule is COC(=O)[C@](C)(Br)[C@H](OCCOCCN=[N+]=[N-])O[C@@H]1O[C@@H](COC(C)=O)[C@@H](CC(=O)O)[C@@H](CC(=O)O)[C@H]1NC(C)=O. The summed E-state index contributed by atoms with van der Waals surface area (Å²) in [6.07, 6.45) is -5.34. The summed E-state index contributed by atoms with van der Waals surface area (Å²) in [6.45, 7) is 3.24. The van der Waals surface area contributed by atoms with Crippen LogP contribution in [0.5, 0.6) is 0 Å². The second-order valence-corrected chi connectivity index (χ2v) is 10.7. The highest BCUT2D eigenvalue weighted by Crippen LogP contribution is 2.39. The van der Waals surface area contributed by atoms with E-state index in [-0.39, 0.29) is 26.4 Å². The van der Waals surface area contributed by atoms with Crippen LogP contribution in [0, 0.1) is 11.8 Å². The number of ether oxygens (including phenoxy) is 6. The molecule has 0 spiro atoms. The van der Waals surface area contributed by atoms with Crippen molar-refractivity contribution < 1.29 is 62.6 Å². The number of carbonyl (C=O) groups is 5. The third-order valence-electron chi connectivity index (χ3n) is 5.91. The molecule has 1 amide bonds. The maximum absolute atomic E-state index is 12.6. The first-order valence-electron chi connectivity index (χ1n) is 12.4. The van der Waals surface area contributed by atoms with Gasteiger partial charge >= 0.3 is 23.9 Å². The van der Waals surface area contributed by atoms with Gasteiger partial charge in [-0.1, -0.05) is 21.0 Å². The number of carboxylic acids is 2. The third-order valence-corrected chi connectivity index (χ3v) is 6.61. The zero-order valence-electron chi connectivity index (χ0n) is 23.0. The average Bonchev–Trinajstić information content (AvgIpc) is 2.87. The van der Waals surface area contributed by atoms with Gasteiger partial charge in [0.1, 0.15) is 6.61 Å². The number of methoxy groups -OCH3 is 1. The first-order valence-corrected chi connectivity index (χ1v) is 13.2. The second kappa shape index (κ2) is 17.7. The van der Waals surface area contributed by atoms with Gasteiger partial charge in [0.15, 0.2) is 16.9 Å². The van der Waals surface area contributed by atoms with Crippen molar-refractivity contribution >= 4 is 45.7 Å². The number of nitrogens with one attached hydrogen (secondary N) is 1. The Bertz CT molecular complexity index is 975. The monoisotopic (exact) mass is 654 g/mol. The van der Waals surface area contributed by atoms with Crippen LogP contribution in [0.4, 0.5) is 0 Å². The van der Waals surface area contributed by atoms with E-state index in [1.54, 1.807) is 0 Å². The minimum Gasteiger partial charge on any atom is -0.481 e. The molecule has 232 valence electrons. The first-order chi connectivity index (χ1) is 19.2. The molecule has 0 aromatic heterocycles. The van der Waals surface area contributed by atoms with Gasteiger partial charge in [0.05, 0.1) is 51.9 Å². The van der Waals surface area contributed by atoms with Crippen molar-refractivity contribution in [1.29, 1.82) is 0 Å². The van der Waals surface area contributed by atoms with Gasteiger partial charge in [-0.3, -0.25) is 24.0 Å². The Morgan fingerprint density at radius 3 is 2.27 bits per heavy atom. The van der Waals surface area contributed by atoms with Crippen molar-refractivity contribution in [3.05, 3.63) is 10.4 Å². The van der Waals surface area contributed by atoms with Crippen LogP contribution in [0.3, 0.4) is 0 Å². The number of rotatable bonds is 18. The Morgan fingerprint density at radius 1 is 1.10 bits per heavy atom. The number of amides is 1. The molecule has 1 rings (SSSR count). The number of aliphatic carboxylic acids is 2. The minimum absolute atomic E-state index is 0.0108. The lowest BCUT2D eigenvalue weighted by Crippen LogP contribution is -2.62. The Hall–Kier alpha value is -3.02. The highest BCUT2D eigenvalue weighted by atomic mass is 79.9. The fourth-order valence-corrected chi connectivity index (χ4v) is 4.56. The molecule has 1 saturated heterocycles. The molecule has 3 N–H and O–H groups in total. The number of halogens is 1. The molecule has 41 heavy (non-hydrogen) atoms. The number of carboxylic acid groups (broad SMARTS) is 2. The molecular formula is C23H35BrN4O13. The van der Waals surface area contributed by atoms with E-state index in [1.165, 1.54) is 6.92 Å². The van der Waals surface area contributed by atoms with Crippen LogP contribution in [0.1, 0.15) is 33.6 Å². The molecule has 1 aliphatic rings. The molecule has 0 aliphatic carbocycles. The fraction of sp³-hybridized carbons (Fsp3) is 0.783. The first kappa shape index (κ1) is 36.0. The van der Waals surface area contributed by atoms with E-state index >= 15 is 0 Å². The standard InChI is InChI=1S/C23H35BrN4O13/c1-12(29)27-19-15(10-18(33)34)14(9-17(31)32)16(11-39-13(2)30)40-20(19)41-22(23(3,24)21(35)36-4)38-8-7-37-6-5-26-28-25/h14-16,19-20,22H,5-11H2,1-4H3,(H,27,29)(H,31,32)(H,33,34)/t14-,15+,16-,19+,20-,22+,23-/m0/s1. The highest BCUT2D eigenvalue weighted by molar-refractivity contribution is 9.10. The van der Waals surface area contributed by atoms with E-state index in [0.29, 0.717) is 0 Å². The summed E-state index contributed by atoms with van der Waals surface area (Å²) in [6, 6.07) is -1.23. The van der Waals surface area contributed by atoms with Gasteiger partial charge in [-0.15, -0.1) is 0 Å². The molecule has 18 heteroatoms. The Balaban J connectivity index is 3.42. The summed E-state index contributed by atoms with van der Waals surface area (Å²) in [5.41, 5.74) is 8.33. The van der Waals surface area contributed by atoms with Crippen LogP contribution in [-0.2, 0) is 52.4 Å². The lowest BCUT2D eigenvalue weighted by molar-refractivity contribution is -0.306. The van der Waals surface area contributed by atoms with E-state index < -0.39 is 90.1 Å². The number of hydrogen-bond donors (Lipinski definition) is 3. The Morgan fingerprint density at radius 2 is 1.73 bits per heavy atom. The quantitative estimate of drug-likeness (QED) is 0.0355. The number of hydrogen-bond acceptors (Lipinski definition) is 12. The maximum atomic E-state index is 12.6. The van der Waals surface area contributed by atoms with Gasteiger partial charge in [-0.25, -0.2) is 0 Å². The zero-order valence-corrected chi connectivity index (χ0v) is 24.6. The topological polar surface area (TPSA) is 242 Å². The molecule has 7 atom stereocenters. The summed E-state index contributed by atoms with van der Waals surface area (Å²) < 4.78 is 31.3. The summed E-state index contributed by atoms with van der Waals surface area (Å²) in [5, 5.41) is 25.1. The molecule has 0 bridgehead atoms. The fourth-order valence-electron chi connectivity index (χ4n) is 4.16. The van der Waals surface area contributed by atoms with Gasteiger partial charge < -0.3 is 44.0 Å². The van der Waals surface area contributed by atoms with E-state index in [1.807, 2.05) is 0 Å². The number of carbonyl (C=O) groups excluding carboxylic acids is 3. The zero-order chi connectivity index (χ0) is 31.2. The summed E-state index contributed by atoms with van der Waals surface area (Å²) in [5.74, 6) is -6.78. The van der Waals surface area contributed by atoms with Crippen LogP contribution >= 0.6 is 15.9 Å². The Labute approximate surface area is 243 Å². The van der Waals surface area contributed by atoms with E-state index in [4.69, 9.17) is 34.0 Å². The van der Waals surface area contributed by atoms with E-state index in [0.717, 1.165) is 21.0 Å². The number of nitrogens with zero attached hydrogens (tertiary/aromatic N) is 3. The predicted octanol–water partition coefficient (Wildman–Crippen LogP) is 0.974. The van der Waals surface area contributed by atoms with Gasteiger partial charge in [0.2, 0.25) is 5.91 Å². The normalized spacial score (nSPS) is 24.2. The second-order valence-electron chi connectivity index (χ2n) is 9.07. The van der Waals surface area contributed by atoms with Gasteiger partial charge in [0, 0.05) is 37.1 Å². The molecule has 0 aromatic rings. The van der Waals surface area contributed by atoms with Crippen LogP contribution in [-0.4, -0.2) is 109 Å². The lowest BCUT2D eigenvalue weighted by atomic mass is 9.75. The van der Waals surface area contributed by atoms with Crippen molar-refractivity contribution in [2.24, 2.45) is 17.0 Å². The Kier molecular flexibility index (Phi) is 15.6. The van der Waals surface area contributed by atoms with Gasteiger partial charge in [-0.05, 0) is 12.5 Å². The molecule has 1 heterocycles. The molecule has 0 saturated carbocycles. The molecule has 1 aliphatic heterocycles. The lowest BCUT2D eigenvalue weighted by Gasteiger charge is -2.47. The average molecular weight is 655 g/mol. The van der Waals surface area contributed by atoms with Crippen LogP contribution in [0.15, 0.2) is 5.11 Å².